The molecule has 6 nitrogen and oxygen atoms in total. The van der Waals surface area contributed by atoms with Gasteiger partial charge in [0.15, 0.2) is 0 Å². The molecule has 0 atom stereocenters. The summed E-state index contributed by atoms with van der Waals surface area (Å²) >= 11 is 3.39. The van der Waals surface area contributed by atoms with Crippen LogP contribution in [0.2, 0.25) is 0 Å². The SMILES string of the molecule is COCCOc1ccc(Br)cc1C(=O)Nc1cccc(CCC(=O)N(C)C)c1. The van der Waals surface area contributed by atoms with Gasteiger partial charge in [0.25, 0.3) is 5.91 Å². The summed E-state index contributed by atoms with van der Waals surface area (Å²) in [5.41, 5.74) is 2.08. The summed E-state index contributed by atoms with van der Waals surface area (Å²) in [4.78, 5) is 26.1. The normalized spacial score (nSPS) is 10.4. The fourth-order valence-electron chi connectivity index (χ4n) is 2.52. The Bertz CT molecular complexity index is 824. The summed E-state index contributed by atoms with van der Waals surface area (Å²) in [7, 11) is 5.07. The van der Waals surface area contributed by atoms with Gasteiger partial charge in [-0.1, -0.05) is 28.1 Å². The molecule has 2 amide bonds. The van der Waals surface area contributed by atoms with Crippen LogP contribution in [0.15, 0.2) is 46.9 Å². The van der Waals surface area contributed by atoms with E-state index in [9.17, 15) is 9.59 Å². The highest BCUT2D eigenvalue weighted by Gasteiger charge is 2.14. The number of anilines is 1. The van der Waals surface area contributed by atoms with E-state index in [1.165, 1.54) is 0 Å². The lowest BCUT2D eigenvalue weighted by Crippen LogP contribution is -2.21. The zero-order valence-electron chi connectivity index (χ0n) is 16.3. The van der Waals surface area contributed by atoms with Gasteiger partial charge in [-0.3, -0.25) is 9.59 Å². The minimum Gasteiger partial charge on any atom is -0.490 e. The van der Waals surface area contributed by atoms with E-state index in [0.29, 0.717) is 43.1 Å². The highest BCUT2D eigenvalue weighted by atomic mass is 79.9. The fraction of sp³-hybridized carbons (Fsp3) is 0.333. The van der Waals surface area contributed by atoms with Gasteiger partial charge in [-0.25, -0.2) is 0 Å². The minimum absolute atomic E-state index is 0.0708. The standard InChI is InChI=1S/C21H25BrN2O4/c1-24(2)20(25)10-7-15-5-4-6-17(13-15)23-21(26)18-14-16(22)8-9-19(18)28-12-11-27-3/h4-6,8-9,13-14H,7,10-12H2,1-3H3,(H,23,26). The van der Waals surface area contributed by atoms with Crippen molar-refractivity contribution in [2.24, 2.45) is 0 Å². The number of nitrogens with one attached hydrogen (secondary N) is 1. The third-order valence-corrected chi connectivity index (χ3v) is 4.54. The molecular formula is C21H25BrN2O4. The van der Waals surface area contributed by atoms with Crippen LogP contribution in [-0.2, 0) is 16.0 Å². The number of hydrogen-bond donors (Lipinski definition) is 1. The van der Waals surface area contributed by atoms with Crippen LogP contribution in [0.3, 0.4) is 0 Å². The molecule has 0 aliphatic rings. The lowest BCUT2D eigenvalue weighted by Gasteiger charge is -2.13. The zero-order valence-corrected chi connectivity index (χ0v) is 17.9. The van der Waals surface area contributed by atoms with Gasteiger partial charge in [0, 0.05) is 37.8 Å². The van der Waals surface area contributed by atoms with Crippen LogP contribution in [0.4, 0.5) is 5.69 Å². The quantitative estimate of drug-likeness (QED) is 0.593. The summed E-state index contributed by atoms with van der Waals surface area (Å²) in [6.07, 6.45) is 1.04. The lowest BCUT2D eigenvalue weighted by molar-refractivity contribution is -0.128. The van der Waals surface area contributed by atoms with Crippen LogP contribution in [-0.4, -0.2) is 51.1 Å². The van der Waals surface area contributed by atoms with Crippen molar-refractivity contribution in [2.45, 2.75) is 12.8 Å². The second-order valence-corrected chi connectivity index (χ2v) is 7.34. The first-order valence-electron chi connectivity index (χ1n) is 8.92. The molecule has 2 aromatic carbocycles. The molecule has 150 valence electrons. The van der Waals surface area contributed by atoms with Crippen LogP contribution < -0.4 is 10.1 Å². The van der Waals surface area contributed by atoms with E-state index < -0.39 is 0 Å². The third-order valence-electron chi connectivity index (χ3n) is 4.04. The van der Waals surface area contributed by atoms with Gasteiger partial charge in [-0.05, 0) is 42.3 Å². The zero-order chi connectivity index (χ0) is 20.5. The molecular weight excluding hydrogens is 424 g/mol. The molecule has 2 rings (SSSR count). The maximum Gasteiger partial charge on any atom is 0.259 e. The molecule has 0 aromatic heterocycles. The average molecular weight is 449 g/mol. The second kappa shape index (κ2) is 10.8. The highest BCUT2D eigenvalue weighted by Crippen LogP contribution is 2.25. The van der Waals surface area contributed by atoms with E-state index >= 15 is 0 Å². The first-order valence-corrected chi connectivity index (χ1v) is 9.71. The van der Waals surface area contributed by atoms with Crippen molar-refractivity contribution < 1.29 is 19.1 Å². The Morgan fingerprint density at radius 3 is 2.61 bits per heavy atom. The van der Waals surface area contributed by atoms with E-state index in [1.807, 2.05) is 30.3 Å². The van der Waals surface area contributed by atoms with Crippen LogP contribution in [0.1, 0.15) is 22.3 Å². The molecule has 0 spiro atoms. The molecule has 28 heavy (non-hydrogen) atoms. The van der Waals surface area contributed by atoms with E-state index in [1.54, 1.807) is 38.2 Å². The van der Waals surface area contributed by atoms with Crippen molar-refractivity contribution in [1.82, 2.24) is 4.90 Å². The maximum atomic E-state index is 12.8. The number of hydrogen-bond acceptors (Lipinski definition) is 4. The van der Waals surface area contributed by atoms with Crippen molar-refractivity contribution in [3.05, 3.63) is 58.1 Å². The van der Waals surface area contributed by atoms with Crippen LogP contribution in [0, 0.1) is 0 Å². The van der Waals surface area contributed by atoms with E-state index in [-0.39, 0.29) is 11.8 Å². The number of ether oxygens (including phenoxy) is 2. The molecule has 0 heterocycles. The molecule has 0 saturated carbocycles. The Morgan fingerprint density at radius 1 is 1.11 bits per heavy atom. The number of halogens is 1. The van der Waals surface area contributed by atoms with E-state index in [4.69, 9.17) is 9.47 Å². The topological polar surface area (TPSA) is 67.9 Å². The minimum atomic E-state index is -0.268. The van der Waals surface area contributed by atoms with Crippen LogP contribution in [0.25, 0.3) is 0 Å². The Labute approximate surface area is 174 Å². The van der Waals surface area contributed by atoms with Gasteiger partial charge in [0.1, 0.15) is 12.4 Å². The van der Waals surface area contributed by atoms with Crippen LogP contribution >= 0.6 is 15.9 Å². The first kappa shape index (κ1) is 21.9. The summed E-state index contributed by atoms with van der Waals surface area (Å²) in [6, 6.07) is 12.8. The number of rotatable bonds is 9. The van der Waals surface area contributed by atoms with Gasteiger partial charge in [0.05, 0.1) is 12.2 Å². The Morgan fingerprint density at radius 2 is 1.89 bits per heavy atom. The van der Waals surface area contributed by atoms with Gasteiger partial charge in [0.2, 0.25) is 5.91 Å². The average Bonchev–Trinajstić information content (AvgIpc) is 2.67. The number of methoxy groups -OCH3 is 1. The number of carbonyl (C=O) groups excluding carboxylic acids is 2. The van der Waals surface area contributed by atoms with Gasteiger partial charge in [-0.15, -0.1) is 0 Å². The first-order chi connectivity index (χ1) is 13.4. The molecule has 0 aliphatic heterocycles. The lowest BCUT2D eigenvalue weighted by atomic mass is 10.1. The van der Waals surface area contributed by atoms with Crippen molar-refractivity contribution in [2.75, 3.05) is 39.7 Å². The number of amides is 2. The summed E-state index contributed by atoms with van der Waals surface area (Å²) < 4.78 is 11.4. The molecule has 0 unspecified atom stereocenters. The van der Waals surface area contributed by atoms with Crippen molar-refractivity contribution in [1.29, 1.82) is 0 Å². The monoisotopic (exact) mass is 448 g/mol. The molecule has 0 saturated heterocycles. The van der Waals surface area contributed by atoms with Crippen molar-refractivity contribution >= 4 is 33.4 Å². The largest absolute Gasteiger partial charge is 0.490 e. The Hall–Kier alpha value is -2.38. The molecule has 0 fully saturated rings. The molecule has 0 bridgehead atoms. The van der Waals surface area contributed by atoms with E-state index in [0.717, 1.165) is 10.0 Å². The maximum absolute atomic E-state index is 12.8. The highest BCUT2D eigenvalue weighted by molar-refractivity contribution is 9.10. The summed E-state index contributed by atoms with van der Waals surface area (Å²) in [5, 5.41) is 2.90. The summed E-state index contributed by atoms with van der Waals surface area (Å²) in [6.45, 7) is 0.790. The Balaban J connectivity index is 2.09. The second-order valence-electron chi connectivity index (χ2n) is 6.42. The van der Waals surface area contributed by atoms with Crippen molar-refractivity contribution in [3.8, 4) is 5.75 Å². The van der Waals surface area contributed by atoms with Gasteiger partial charge < -0.3 is 19.7 Å². The molecule has 1 N–H and O–H groups in total. The molecule has 2 aromatic rings. The molecule has 0 radical (unpaired) electrons. The third kappa shape index (κ3) is 6.65. The number of benzene rings is 2. The number of aryl methyl sites for hydroxylation is 1. The smallest absolute Gasteiger partial charge is 0.259 e. The fourth-order valence-corrected chi connectivity index (χ4v) is 2.88. The van der Waals surface area contributed by atoms with E-state index in [2.05, 4.69) is 21.2 Å². The van der Waals surface area contributed by atoms with Gasteiger partial charge in [-0.2, -0.15) is 0 Å². The predicted molar refractivity (Wildman–Crippen MR) is 113 cm³/mol. The van der Waals surface area contributed by atoms with Crippen molar-refractivity contribution in [3.63, 3.8) is 0 Å². The van der Waals surface area contributed by atoms with Gasteiger partial charge >= 0.3 is 0 Å². The predicted octanol–water partition coefficient (Wildman–Crippen LogP) is 3.75. The molecule has 7 heteroatoms. The summed E-state index contributed by atoms with van der Waals surface area (Å²) in [5.74, 6) is 0.294. The number of nitrogens with zero attached hydrogens (tertiary/aromatic N) is 1. The van der Waals surface area contributed by atoms with Crippen LogP contribution in [0.5, 0.6) is 5.75 Å². The number of carbonyl (C=O) groups is 2. The molecule has 0 aliphatic carbocycles. The Kier molecular flexibility index (Phi) is 8.47.